The Morgan fingerprint density at radius 3 is 2.47 bits per heavy atom. The molecule has 0 spiro atoms. The van der Waals surface area contributed by atoms with Crippen LogP contribution in [0, 0.1) is 0 Å². The molecule has 1 rings (SSSR count). The van der Waals surface area contributed by atoms with Crippen LogP contribution < -0.4 is 5.32 Å². The Morgan fingerprint density at radius 2 is 1.89 bits per heavy atom. The summed E-state index contributed by atoms with van der Waals surface area (Å²) < 4.78 is 0. The number of carbonyl (C=O) groups is 1. The molecule has 1 N–H and O–H groups in total. The SMILES string of the molecule is CCN(CCCN(C)C)C(=O)c1ccccc1NC. The van der Waals surface area contributed by atoms with Crippen molar-refractivity contribution in [2.75, 3.05) is 46.1 Å². The van der Waals surface area contributed by atoms with Crippen LogP contribution in [-0.2, 0) is 0 Å². The van der Waals surface area contributed by atoms with E-state index in [1.54, 1.807) is 0 Å². The third kappa shape index (κ3) is 4.56. The van der Waals surface area contributed by atoms with Gasteiger partial charge in [0.05, 0.1) is 5.56 Å². The second kappa shape index (κ2) is 7.79. The fourth-order valence-corrected chi connectivity index (χ4v) is 2.04. The van der Waals surface area contributed by atoms with Gasteiger partial charge in [0, 0.05) is 25.8 Å². The molecule has 0 bridgehead atoms. The molecule has 4 heteroatoms. The zero-order valence-electron chi connectivity index (χ0n) is 12.4. The second-order valence-corrected chi connectivity index (χ2v) is 4.84. The maximum absolute atomic E-state index is 12.5. The van der Waals surface area contributed by atoms with Crippen LogP contribution in [0.2, 0.25) is 0 Å². The molecule has 4 nitrogen and oxygen atoms in total. The van der Waals surface area contributed by atoms with Crippen molar-refractivity contribution >= 4 is 11.6 Å². The lowest BCUT2D eigenvalue weighted by Crippen LogP contribution is -2.33. The van der Waals surface area contributed by atoms with Crippen molar-refractivity contribution < 1.29 is 4.79 Å². The quantitative estimate of drug-likeness (QED) is 0.818. The molecule has 0 unspecified atom stereocenters. The van der Waals surface area contributed by atoms with Gasteiger partial charge >= 0.3 is 0 Å². The number of hydrogen-bond acceptors (Lipinski definition) is 3. The van der Waals surface area contributed by atoms with E-state index in [0.29, 0.717) is 0 Å². The first kappa shape index (κ1) is 15.5. The summed E-state index contributed by atoms with van der Waals surface area (Å²) in [7, 11) is 5.94. The number of hydrogen-bond donors (Lipinski definition) is 1. The summed E-state index contributed by atoms with van der Waals surface area (Å²) in [6.45, 7) is 4.56. The number of nitrogens with zero attached hydrogens (tertiary/aromatic N) is 2. The highest BCUT2D eigenvalue weighted by Crippen LogP contribution is 2.16. The predicted octanol–water partition coefficient (Wildman–Crippen LogP) is 2.14. The Labute approximate surface area is 116 Å². The first-order chi connectivity index (χ1) is 9.10. The summed E-state index contributed by atoms with van der Waals surface area (Å²) in [6.07, 6.45) is 0.994. The van der Waals surface area contributed by atoms with E-state index in [1.807, 2.05) is 43.1 Å². The van der Waals surface area contributed by atoms with E-state index in [4.69, 9.17) is 0 Å². The average molecular weight is 263 g/mol. The molecule has 0 heterocycles. The molecule has 1 aromatic rings. The van der Waals surface area contributed by atoms with Gasteiger partial charge in [0.1, 0.15) is 0 Å². The molecule has 106 valence electrons. The van der Waals surface area contributed by atoms with Gasteiger partial charge in [-0.25, -0.2) is 0 Å². The molecular formula is C15H25N3O. The third-order valence-corrected chi connectivity index (χ3v) is 3.13. The molecule has 0 aliphatic heterocycles. The van der Waals surface area contributed by atoms with Gasteiger partial charge < -0.3 is 15.1 Å². The van der Waals surface area contributed by atoms with Crippen LogP contribution in [0.1, 0.15) is 23.7 Å². The van der Waals surface area contributed by atoms with Gasteiger partial charge in [-0.2, -0.15) is 0 Å². The zero-order valence-corrected chi connectivity index (χ0v) is 12.4. The van der Waals surface area contributed by atoms with Crippen molar-refractivity contribution in [3.05, 3.63) is 29.8 Å². The van der Waals surface area contributed by atoms with Gasteiger partial charge in [0.15, 0.2) is 0 Å². The average Bonchev–Trinajstić information content (AvgIpc) is 2.42. The summed E-state index contributed by atoms with van der Waals surface area (Å²) in [5.41, 5.74) is 1.63. The molecule has 0 aromatic heterocycles. The molecular weight excluding hydrogens is 238 g/mol. The van der Waals surface area contributed by atoms with E-state index >= 15 is 0 Å². The van der Waals surface area contributed by atoms with Crippen molar-refractivity contribution in [1.29, 1.82) is 0 Å². The molecule has 0 radical (unpaired) electrons. The van der Waals surface area contributed by atoms with Gasteiger partial charge in [-0.05, 0) is 46.1 Å². The molecule has 0 fully saturated rings. The lowest BCUT2D eigenvalue weighted by atomic mass is 10.1. The Hall–Kier alpha value is -1.55. The summed E-state index contributed by atoms with van der Waals surface area (Å²) in [6, 6.07) is 7.65. The first-order valence-electron chi connectivity index (χ1n) is 6.81. The molecule has 1 aromatic carbocycles. The Kier molecular flexibility index (Phi) is 6.36. The number of nitrogens with one attached hydrogen (secondary N) is 1. The number of benzene rings is 1. The van der Waals surface area contributed by atoms with Crippen molar-refractivity contribution in [2.24, 2.45) is 0 Å². The van der Waals surface area contributed by atoms with Crippen LogP contribution in [0.4, 0.5) is 5.69 Å². The van der Waals surface area contributed by atoms with Crippen molar-refractivity contribution in [2.45, 2.75) is 13.3 Å². The lowest BCUT2D eigenvalue weighted by molar-refractivity contribution is 0.0760. The highest BCUT2D eigenvalue weighted by molar-refractivity contribution is 5.99. The fraction of sp³-hybridized carbons (Fsp3) is 0.533. The minimum Gasteiger partial charge on any atom is -0.387 e. The van der Waals surface area contributed by atoms with E-state index in [2.05, 4.69) is 24.3 Å². The van der Waals surface area contributed by atoms with E-state index in [9.17, 15) is 4.79 Å². The molecule has 0 atom stereocenters. The first-order valence-corrected chi connectivity index (χ1v) is 6.81. The van der Waals surface area contributed by atoms with Crippen LogP contribution >= 0.6 is 0 Å². The predicted molar refractivity (Wildman–Crippen MR) is 80.7 cm³/mol. The largest absolute Gasteiger partial charge is 0.387 e. The van der Waals surface area contributed by atoms with Crippen LogP contribution in [0.5, 0.6) is 0 Å². The number of anilines is 1. The highest BCUT2D eigenvalue weighted by atomic mass is 16.2. The summed E-state index contributed by atoms with van der Waals surface area (Å²) in [5, 5.41) is 3.07. The smallest absolute Gasteiger partial charge is 0.255 e. The fourth-order valence-electron chi connectivity index (χ4n) is 2.04. The van der Waals surface area contributed by atoms with Gasteiger partial charge in [-0.1, -0.05) is 12.1 Å². The zero-order chi connectivity index (χ0) is 14.3. The lowest BCUT2D eigenvalue weighted by Gasteiger charge is -2.23. The summed E-state index contributed by atoms with van der Waals surface area (Å²) in [5.74, 6) is 0.103. The normalized spacial score (nSPS) is 10.6. The Bertz CT molecular complexity index is 404. The van der Waals surface area contributed by atoms with Gasteiger partial charge in [0.25, 0.3) is 5.91 Å². The second-order valence-electron chi connectivity index (χ2n) is 4.84. The Balaban J connectivity index is 2.72. The number of para-hydroxylation sites is 1. The van der Waals surface area contributed by atoms with Crippen molar-refractivity contribution in [1.82, 2.24) is 9.80 Å². The maximum Gasteiger partial charge on any atom is 0.255 e. The number of amides is 1. The molecule has 0 aliphatic rings. The third-order valence-electron chi connectivity index (χ3n) is 3.13. The van der Waals surface area contributed by atoms with Gasteiger partial charge in [0.2, 0.25) is 0 Å². The topological polar surface area (TPSA) is 35.6 Å². The summed E-state index contributed by atoms with van der Waals surface area (Å²) >= 11 is 0. The Morgan fingerprint density at radius 1 is 1.21 bits per heavy atom. The summed E-state index contributed by atoms with van der Waals surface area (Å²) in [4.78, 5) is 16.5. The molecule has 19 heavy (non-hydrogen) atoms. The van der Waals surface area contributed by atoms with Gasteiger partial charge in [-0.15, -0.1) is 0 Å². The molecule has 0 saturated heterocycles. The van der Waals surface area contributed by atoms with Crippen LogP contribution in [0.25, 0.3) is 0 Å². The van der Waals surface area contributed by atoms with E-state index in [1.165, 1.54) is 0 Å². The maximum atomic E-state index is 12.5. The van der Waals surface area contributed by atoms with Crippen LogP contribution in [-0.4, -0.2) is 56.5 Å². The molecule has 1 amide bonds. The standard InChI is InChI=1S/C15H25N3O/c1-5-18(12-8-11-17(3)4)15(19)13-9-6-7-10-14(13)16-2/h6-7,9-10,16H,5,8,11-12H2,1-4H3. The van der Waals surface area contributed by atoms with Gasteiger partial charge in [-0.3, -0.25) is 4.79 Å². The minimum absolute atomic E-state index is 0.103. The van der Waals surface area contributed by atoms with E-state index < -0.39 is 0 Å². The minimum atomic E-state index is 0.103. The highest BCUT2D eigenvalue weighted by Gasteiger charge is 2.16. The van der Waals surface area contributed by atoms with Crippen molar-refractivity contribution in [3.8, 4) is 0 Å². The van der Waals surface area contributed by atoms with Crippen molar-refractivity contribution in [3.63, 3.8) is 0 Å². The van der Waals surface area contributed by atoms with E-state index in [0.717, 1.165) is 37.3 Å². The van der Waals surface area contributed by atoms with Crippen LogP contribution in [0.15, 0.2) is 24.3 Å². The molecule has 0 aliphatic carbocycles. The monoisotopic (exact) mass is 263 g/mol. The molecule has 0 saturated carbocycles. The number of rotatable bonds is 7. The van der Waals surface area contributed by atoms with E-state index in [-0.39, 0.29) is 5.91 Å². The number of carbonyl (C=O) groups excluding carboxylic acids is 1. The van der Waals surface area contributed by atoms with Crippen LogP contribution in [0.3, 0.4) is 0 Å².